The van der Waals surface area contributed by atoms with Crippen molar-refractivity contribution in [2.24, 2.45) is 0 Å². The van der Waals surface area contributed by atoms with Crippen LogP contribution in [0, 0.1) is 6.92 Å². The monoisotopic (exact) mass is 261 g/mol. The van der Waals surface area contributed by atoms with Gasteiger partial charge >= 0.3 is 0 Å². The Balaban J connectivity index is 1.62. The van der Waals surface area contributed by atoms with Crippen molar-refractivity contribution < 1.29 is 13.7 Å². The van der Waals surface area contributed by atoms with E-state index in [0.717, 1.165) is 24.7 Å². The minimum atomic E-state index is -0.0546. The number of furan rings is 1. The number of rotatable bonds is 2. The van der Waals surface area contributed by atoms with Crippen LogP contribution in [-0.4, -0.2) is 42.1 Å². The van der Waals surface area contributed by atoms with Crippen LogP contribution < -0.4 is 4.90 Å². The van der Waals surface area contributed by atoms with E-state index >= 15 is 0 Å². The van der Waals surface area contributed by atoms with Crippen molar-refractivity contribution in [3.05, 3.63) is 36.0 Å². The average molecular weight is 261 g/mol. The zero-order chi connectivity index (χ0) is 13.2. The lowest BCUT2D eigenvalue weighted by Crippen LogP contribution is -2.48. The zero-order valence-electron chi connectivity index (χ0n) is 10.7. The summed E-state index contributed by atoms with van der Waals surface area (Å²) in [6, 6.07) is 5.32. The molecule has 3 heterocycles. The Morgan fingerprint density at radius 3 is 2.68 bits per heavy atom. The molecule has 0 saturated carbocycles. The summed E-state index contributed by atoms with van der Waals surface area (Å²) in [7, 11) is 0. The van der Waals surface area contributed by atoms with E-state index in [1.807, 2.05) is 13.0 Å². The highest BCUT2D eigenvalue weighted by Gasteiger charge is 2.24. The summed E-state index contributed by atoms with van der Waals surface area (Å²) >= 11 is 0. The first kappa shape index (κ1) is 11.8. The molecule has 100 valence electrons. The third-order valence-electron chi connectivity index (χ3n) is 3.24. The fraction of sp³-hybridized carbons (Fsp3) is 0.385. The number of hydrogen-bond donors (Lipinski definition) is 0. The second kappa shape index (κ2) is 4.79. The molecule has 0 bridgehead atoms. The summed E-state index contributed by atoms with van der Waals surface area (Å²) in [5.74, 6) is 1.97. The molecule has 0 unspecified atom stereocenters. The van der Waals surface area contributed by atoms with Crippen LogP contribution >= 0.6 is 0 Å². The highest BCUT2D eigenvalue weighted by atomic mass is 16.5. The van der Waals surface area contributed by atoms with E-state index in [-0.39, 0.29) is 5.91 Å². The largest absolute Gasteiger partial charge is 0.459 e. The van der Waals surface area contributed by atoms with Crippen LogP contribution in [0.1, 0.15) is 16.3 Å². The van der Waals surface area contributed by atoms with Crippen molar-refractivity contribution in [2.75, 3.05) is 31.1 Å². The molecule has 1 saturated heterocycles. The van der Waals surface area contributed by atoms with Gasteiger partial charge < -0.3 is 18.7 Å². The van der Waals surface area contributed by atoms with Crippen molar-refractivity contribution in [3.8, 4) is 0 Å². The molecule has 1 aliphatic heterocycles. The number of carbonyl (C=O) groups is 1. The molecule has 1 aliphatic rings. The van der Waals surface area contributed by atoms with E-state index in [4.69, 9.17) is 8.94 Å². The Morgan fingerprint density at radius 2 is 2.11 bits per heavy atom. The molecule has 0 atom stereocenters. The Hall–Kier alpha value is -2.24. The smallest absolute Gasteiger partial charge is 0.289 e. The molecular weight excluding hydrogens is 246 g/mol. The number of aryl methyl sites for hydroxylation is 1. The lowest BCUT2D eigenvalue weighted by atomic mass is 10.3. The molecule has 2 aromatic rings. The van der Waals surface area contributed by atoms with E-state index in [9.17, 15) is 4.79 Å². The molecule has 3 rings (SSSR count). The summed E-state index contributed by atoms with van der Waals surface area (Å²) in [6.45, 7) is 4.68. The molecule has 0 aliphatic carbocycles. The van der Waals surface area contributed by atoms with Gasteiger partial charge in [0.05, 0.1) is 6.26 Å². The lowest BCUT2D eigenvalue weighted by Gasteiger charge is -2.34. The minimum absolute atomic E-state index is 0.0546. The second-order valence-electron chi connectivity index (χ2n) is 4.55. The van der Waals surface area contributed by atoms with Gasteiger partial charge in [-0.05, 0) is 19.1 Å². The second-order valence-corrected chi connectivity index (χ2v) is 4.55. The highest BCUT2D eigenvalue weighted by Crippen LogP contribution is 2.17. The van der Waals surface area contributed by atoms with Crippen LogP contribution in [0.15, 0.2) is 33.4 Å². The SMILES string of the molecule is Cc1cc(N2CCN(C(=O)c3ccco3)CC2)no1. The van der Waals surface area contributed by atoms with Crippen molar-refractivity contribution in [2.45, 2.75) is 6.92 Å². The van der Waals surface area contributed by atoms with Gasteiger partial charge in [0, 0.05) is 32.2 Å². The first-order valence-corrected chi connectivity index (χ1v) is 6.25. The maximum atomic E-state index is 12.1. The molecule has 6 heteroatoms. The van der Waals surface area contributed by atoms with Gasteiger partial charge in [0.1, 0.15) is 5.76 Å². The fourth-order valence-electron chi connectivity index (χ4n) is 2.20. The van der Waals surface area contributed by atoms with Crippen LogP contribution in [0.3, 0.4) is 0 Å². The lowest BCUT2D eigenvalue weighted by molar-refractivity contribution is 0.0714. The van der Waals surface area contributed by atoms with Crippen LogP contribution in [0.25, 0.3) is 0 Å². The number of carbonyl (C=O) groups excluding carboxylic acids is 1. The summed E-state index contributed by atoms with van der Waals surface area (Å²) < 4.78 is 10.2. The molecule has 1 amide bonds. The first-order chi connectivity index (χ1) is 9.24. The Kier molecular flexibility index (Phi) is 2.98. The van der Waals surface area contributed by atoms with Crippen LogP contribution in [-0.2, 0) is 0 Å². The van der Waals surface area contributed by atoms with Crippen LogP contribution in [0.5, 0.6) is 0 Å². The number of amides is 1. The van der Waals surface area contributed by atoms with Crippen LogP contribution in [0.2, 0.25) is 0 Å². The molecular formula is C13H15N3O3. The summed E-state index contributed by atoms with van der Waals surface area (Å²) in [5, 5.41) is 3.99. The number of piperazine rings is 1. The van der Waals surface area contributed by atoms with Crippen molar-refractivity contribution in [1.82, 2.24) is 10.1 Å². The van der Waals surface area contributed by atoms with Gasteiger partial charge in [-0.15, -0.1) is 0 Å². The van der Waals surface area contributed by atoms with Gasteiger partial charge in [-0.25, -0.2) is 0 Å². The summed E-state index contributed by atoms with van der Waals surface area (Å²) in [4.78, 5) is 16.0. The van der Waals surface area contributed by atoms with Crippen molar-refractivity contribution >= 4 is 11.7 Å². The van der Waals surface area contributed by atoms with Crippen LogP contribution in [0.4, 0.5) is 5.82 Å². The van der Waals surface area contributed by atoms with Gasteiger partial charge in [0.15, 0.2) is 11.6 Å². The molecule has 6 nitrogen and oxygen atoms in total. The topological polar surface area (TPSA) is 62.7 Å². The maximum absolute atomic E-state index is 12.1. The normalized spacial score (nSPS) is 15.8. The molecule has 0 radical (unpaired) electrons. The van der Waals surface area contributed by atoms with Gasteiger partial charge in [0.25, 0.3) is 5.91 Å². The van der Waals surface area contributed by atoms with Gasteiger partial charge in [-0.2, -0.15) is 0 Å². The standard InChI is InChI=1S/C13H15N3O3/c1-10-9-12(14-19-10)15-4-6-16(7-5-15)13(17)11-3-2-8-18-11/h2-3,8-9H,4-7H2,1H3. The van der Waals surface area contributed by atoms with E-state index in [1.165, 1.54) is 6.26 Å². The number of hydrogen-bond acceptors (Lipinski definition) is 5. The molecule has 0 aromatic carbocycles. The number of anilines is 1. The van der Waals surface area contributed by atoms with Crippen molar-refractivity contribution in [3.63, 3.8) is 0 Å². The summed E-state index contributed by atoms with van der Waals surface area (Å²) in [6.07, 6.45) is 1.52. The molecule has 2 aromatic heterocycles. The van der Waals surface area contributed by atoms with E-state index in [1.54, 1.807) is 17.0 Å². The Morgan fingerprint density at radius 1 is 1.32 bits per heavy atom. The third-order valence-corrected chi connectivity index (χ3v) is 3.24. The number of aromatic nitrogens is 1. The average Bonchev–Trinajstić information content (AvgIpc) is 3.09. The van der Waals surface area contributed by atoms with Gasteiger partial charge in [0.2, 0.25) is 0 Å². The van der Waals surface area contributed by atoms with Gasteiger partial charge in [-0.3, -0.25) is 4.79 Å². The zero-order valence-corrected chi connectivity index (χ0v) is 10.7. The summed E-state index contributed by atoms with van der Waals surface area (Å²) in [5.41, 5.74) is 0. The highest BCUT2D eigenvalue weighted by molar-refractivity contribution is 5.91. The maximum Gasteiger partial charge on any atom is 0.289 e. The predicted molar refractivity (Wildman–Crippen MR) is 68.1 cm³/mol. The molecule has 19 heavy (non-hydrogen) atoms. The number of nitrogens with zero attached hydrogens (tertiary/aromatic N) is 3. The molecule has 0 spiro atoms. The van der Waals surface area contributed by atoms with Crippen molar-refractivity contribution in [1.29, 1.82) is 0 Å². The molecule has 1 fully saturated rings. The minimum Gasteiger partial charge on any atom is -0.459 e. The fourth-order valence-corrected chi connectivity index (χ4v) is 2.20. The molecule has 0 N–H and O–H groups in total. The van der Waals surface area contributed by atoms with E-state index in [0.29, 0.717) is 18.8 Å². The van der Waals surface area contributed by atoms with Gasteiger partial charge in [-0.1, -0.05) is 5.16 Å². The quantitative estimate of drug-likeness (QED) is 0.820. The Labute approximate surface area is 110 Å². The predicted octanol–water partition coefficient (Wildman–Crippen LogP) is 1.54. The Bertz CT molecular complexity index is 553. The first-order valence-electron chi connectivity index (χ1n) is 6.25. The third kappa shape index (κ3) is 2.33. The van der Waals surface area contributed by atoms with E-state index < -0.39 is 0 Å². The van der Waals surface area contributed by atoms with E-state index in [2.05, 4.69) is 10.1 Å².